The predicted octanol–water partition coefficient (Wildman–Crippen LogP) is -1.15. The molecule has 0 saturated heterocycles. The minimum atomic E-state index is -0.0898. The summed E-state index contributed by atoms with van der Waals surface area (Å²) in [5.74, 6) is 0.549. The van der Waals surface area contributed by atoms with Gasteiger partial charge in [-0.25, -0.2) is 4.68 Å². The average molecular weight is 155 g/mol. The molecule has 0 radical (unpaired) electrons. The summed E-state index contributed by atoms with van der Waals surface area (Å²) in [5, 5.41) is 13.3. The number of aryl methyl sites for hydroxylation is 1. The minimum absolute atomic E-state index is 0.0898. The van der Waals surface area contributed by atoms with Gasteiger partial charge in [-0.1, -0.05) is 0 Å². The number of hydrogen-bond donors (Lipinski definition) is 1. The van der Waals surface area contributed by atoms with E-state index in [2.05, 4.69) is 20.8 Å². The van der Waals surface area contributed by atoms with Crippen LogP contribution in [0.5, 0.6) is 0 Å². The van der Waals surface area contributed by atoms with Gasteiger partial charge in [0.2, 0.25) is 5.91 Å². The number of nitrogens with zero attached hydrogens (tertiary/aromatic N) is 4. The van der Waals surface area contributed by atoms with Crippen LogP contribution in [0.2, 0.25) is 0 Å². The number of rotatable bonds is 2. The zero-order valence-corrected chi connectivity index (χ0v) is 6.40. The van der Waals surface area contributed by atoms with Crippen molar-refractivity contribution in [1.29, 1.82) is 0 Å². The first-order valence-corrected chi connectivity index (χ1v) is 3.16. The Bertz CT molecular complexity index is 255. The number of hydrogen-bond acceptors (Lipinski definition) is 4. The van der Waals surface area contributed by atoms with Crippen LogP contribution in [-0.2, 0) is 18.4 Å². The molecule has 1 N–H and O–H groups in total. The van der Waals surface area contributed by atoms with Gasteiger partial charge in [0, 0.05) is 14.0 Å². The van der Waals surface area contributed by atoms with Crippen molar-refractivity contribution in [2.24, 2.45) is 7.05 Å². The third-order valence-corrected chi connectivity index (χ3v) is 1.20. The molecule has 0 saturated carbocycles. The number of carbonyl (C=O) groups is 1. The van der Waals surface area contributed by atoms with Crippen LogP contribution in [0.3, 0.4) is 0 Å². The molecule has 0 unspecified atom stereocenters. The van der Waals surface area contributed by atoms with E-state index in [1.165, 1.54) is 11.6 Å². The minimum Gasteiger partial charge on any atom is -0.349 e. The normalized spacial score (nSPS) is 9.64. The van der Waals surface area contributed by atoms with Gasteiger partial charge in [-0.15, -0.1) is 5.10 Å². The summed E-state index contributed by atoms with van der Waals surface area (Å²) in [4.78, 5) is 10.5. The highest BCUT2D eigenvalue weighted by Crippen LogP contribution is 1.85. The molecular formula is C5H9N5O. The van der Waals surface area contributed by atoms with E-state index in [4.69, 9.17) is 0 Å². The van der Waals surface area contributed by atoms with Crippen molar-refractivity contribution < 1.29 is 4.79 Å². The fraction of sp³-hybridized carbons (Fsp3) is 0.600. The van der Waals surface area contributed by atoms with Gasteiger partial charge < -0.3 is 5.32 Å². The number of carbonyl (C=O) groups excluding carboxylic acids is 1. The summed E-state index contributed by atoms with van der Waals surface area (Å²) in [6.45, 7) is 1.82. The number of aromatic nitrogens is 4. The van der Waals surface area contributed by atoms with Gasteiger partial charge in [-0.05, 0) is 10.4 Å². The van der Waals surface area contributed by atoms with Crippen LogP contribution in [0.25, 0.3) is 0 Å². The van der Waals surface area contributed by atoms with E-state index < -0.39 is 0 Å². The standard InChI is InChI=1S/C5H9N5O/c1-4(11)6-3-5-7-8-9-10(5)2/h3H2,1-2H3,(H,6,11). The molecule has 0 aliphatic heterocycles. The fourth-order valence-electron chi connectivity index (χ4n) is 0.601. The van der Waals surface area contributed by atoms with E-state index in [9.17, 15) is 4.79 Å². The zero-order chi connectivity index (χ0) is 8.27. The average Bonchev–Trinajstić information content (AvgIpc) is 2.31. The molecule has 6 nitrogen and oxygen atoms in total. The lowest BCUT2D eigenvalue weighted by Crippen LogP contribution is -2.21. The van der Waals surface area contributed by atoms with Gasteiger partial charge in [0.05, 0.1) is 6.54 Å². The Morgan fingerprint density at radius 3 is 2.91 bits per heavy atom. The summed E-state index contributed by atoms with van der Waals surface area (Å²) < 4.78 is 1.51. The molecule has 0 atom stereocenters. The molecule has 1 aromatic heterocycles. The van der Waals surface area contributed by atoms with Crippen molar-refractivity contribution in [1.82, 2.24) is 25.5 Å². The van der Waals surface area contributed by atoms with Crippen LogP contribution in [0, 0.1) is 0 Å². The molecule has 11 heavy (non-hydrogen) atoms. The number of amides is 1. The molecule has 6 heteroatoms. The Hall–Kier alpha value is -1.46. The maximum Gasteiger partial charge on any atom is 0.217 e. The molecule has 1 aromatic rings. The maximum absolute atomic E-state index is 10.5. The zero-order valence-electron chi connectivity index (χ0n) is 6.40. The first-order chi connectivity index (χ1) is 5.20. The molecule has 0 spiro atoms. The molecule has 1 amide bonds. The summed E-state index contributed by atoms with van der Waals surface area (Å²) in [7, 11) is 1.72. The SMILES string of the molecule is CC(=O)NCc1nnnn1C. The van der Waals surface area contributed by atoms with E-state index in [0.717, 1.165) is 0 Å². The Labute approximate surface area is 63.6 Å². The molecule has 1 rings (SSSR count). The van der Waals surface area contributed by atoms with Crippen LogP contribution >= 0.6 is 0 Å². The molecule has 1 heterocycles. The maximum atomic E-state index is 10.5. The number of tetrazole rings is 1. The summed E-state index contributed by atoms with van der Waals surface area (Å²) >= 11 is 0. The lowest BCUT2D eigenvalue weighted by atomic mass is 10.5. The van der Waals surface area contributed by atoms with E-state index in [0.29, 0.717) is 12.4 Å². The molecule has 0 aliphatic rings. The molecule has 60 valence electrons. The van der Waals surface area contributed by atoms with E-state index >= 15 is 0 Å². The smallest absolute Gasteiger partial charge is 0.217 e. The highest BCUT2D eigenvalue weighted by Gasteiger charge is 2.00. The summed E-state index contributed by atoms with van der Waals surface area (Å²) in [6, 6.07) is 0. The first-order valence-electron chi connectivity index (χ1n) is 3.16. The molecule has 0 fully saturated rings. The Kier molecular flexibility index (Phi) is 2.15. The summed E-state index contributed by atoms with van der Waals surface area (Å²) in [5.41, 5.74) is 0. The second kappa shape index (κ2) is 3.09. The van der Waals surface area contributed by atoms with Gasteiger partial charge in [0.1, 0.15) is 0 Å². The highest BCUT2D eigenvalue weighted by molar-refractivity contribution is 5.72. The van der Waals surface area contributed by atoms with E-state index in [1.54, 1.807) is 7.05 Å². The van der Waals surface area contributed by atoms with Gasteiger partial charge in [-0.3, -0.25) is 4.79 Å². The van der Waals surface area contributed by atoms with Crippen LogP contribution in [0.1, 0.15) is 12.7 Å². The number of nitrogens with one attached hydrogen (secondary N) is 1. The van der Waals surface area contributed by atoms with Crippen molar-refractivity contribution in [3.8, 4) is 0 Å². The van der Waals surface area contributed by atoms with Crippen molar-refractivity contribution in [2.45, 2.75) is 13.5 Å². The molecule has 0 aliphatic carbocycles. The second-order valence-corrected chi connectivity index (χ2v) is 2.13. The Morgan fingerprint density at radius 1 is 1.73 bits per heavy atom. The highest BCUT2D eigenvalue weighted by atomic mass is 16.1. The van der Waals surface area contributed by atoms with Crippen molar-refractivity contribution >= 4 is 5.91 Å². The third-order valence-electron chi connectivity index (χ3n) is 1.20. The quantitative estimate of drug-likeness (QED) is 0.585. The molecule has 0 aromatic carbocycles. The van der Waals surface area contributed by atoms with Gasteiger partial charge in [0.15, 0.2) is 5.82 Å². The molecular weight excluding hydrogens is 146 g/mol. The lowest BCUT2D eigenvalue weighted by molar-refractivity contribution is -0.119. The van der Waals surface area contributed by atoms with Crippen LogP contribution in [-0.4, -0.2) is 26.1 Å². The van der Waals surface area contributed by atoms with Crippen LogP contribution < -0.4 is 5.32 Å². The Morgan fingerprint density at radius 2 is 2.45 bits per heavy atom. The molecule has 0 bridgehead atoms. The summed E-state index contributed by atoms with van der Waals surface area (Å²) in [6.07, 6.45) is 0. The van der Waals surface area contributed by atoms with Crippen molar-refractivity contribution in [2.75, 3.05) is 0 Å². The van der Waals surface area contributed by atoms with E-state index in [1.807, 2.05) is 0 Å². The van der Waals surface area contributed by atoms with Gasteiger partial charge in [0.25, 0.3) is 0 Å². The monoisotopic (exact) mass is 155 g/mol. The fourth-order valence-corrected chi connectivity index (χ4v) is 0.601. The van der Waals surface area contributed by atoms with Crippen molar-refractivity contribution in [3.63, 3.8) is 0 Å². The van der Waals surface area contributed by atoms with Crippen molar-refractivity contribution in [3.05, 3.63) is 5.82 Å². The second-order valence-electron chi connectivity index (χ2n) is 2.13. The Balaban J connectivity index is 2.51. The van der Waals surface area contributed by atoms with Crippen LogP contribution in [0.15, 0.2) is 0 Å². The van der Waals surface area contributed by atoms with Gasteiger partial charge in [-0.2, -0.15) is 0 Å². The van der Waals surface area contributed by atoms with E-state index in [-0.39, 0.29) is 5.91 Å². The predicted molar refractivity (Wildman–Crippen MR) is 36.3 cm³/mol. The van der Waals surface area contributed by atoms with Gasteiger partial charge >= 0.3 is 0 Å². The first kappa shape index (κ1) is 7.64. The third kappa shape index (κ3) is 1.99. The van der Waals surface area contributed by atoms with Crippen LogP contribution in [0.4, 0.5) is 0 Å². The largest absolute Gasteiger partial charge is 0.349 e. The topological polar surface area (TPSA) is 72.7 Å². The lowest BCUT2D eigenvalue weighted by Gasteiger charge is -1.97.